The lowest BCUT2D eigenvalue weighted by atomic mass is 10.2. The molecular formula is C20H19Cl2N3O2S. The number of thioether (sulfide) groups is 1. The summed E-state index contributed by atoms with van der Waals surface area (Å²) in [6.07, 6.45) is 0.0489. The zero-order valence-corrected chi connectivity index (χ0v) is 18.0. The second-order valence-electron chi connectivity index (χ2n) is 6.49. The van der Waals surface area contributed by atoms with Gasteiger partial charge in [0.1, 0.15) is 5.25 Å². The molecule has 0 unspecified atom stereocenters. The second kappa shape index (κ2) is 8.55. The molecule has 0 aliphatic carbocycles. The highest BCUT2D eigenvalue weighted by Gasteiger charge is 2.37. The fraction of sp³-hybridized carbons (Fsp3) is 0.250. The van der Waals surface area contributed by atoms with Crippen LogP contribution in [0.1, 0.15) is 17.5 Å². The van der Waals surface area contributed by atoms with E-state index in [0.717, 1.165) is 11.1 Å². The molecule has 3 rings (SSSR count). The third kappa shape index (κ3) is 4.51. The van der Waals surface area contributed by atoms with Crippen molar-refractivity contribution in [3.63, 3.8) is 0 Å². The summed E-state index contributed by atoms with van der Waals surface area (Å²) in [6, 6.07) is 10.7. The number of nitrogens with zero attached hydrogens (tertiary/aromatic N) is 2. The van der Waals surface area contributed by atoms with Gasteiger partial charge in [0, 0.05) is 29.2 Å². The number of amides is 2. The minimum Gasteiger partial charge on any atom is -0.326 e. The van der Waals surface area contributed by atoms with Crippen LogP contribution >= 0.6 is 35.0 Å². The molecule has 1 N–H and O–H groups in total. The van der Waals surface area contributed by atoms with Gasteiger partial charge in [-0.2, -0.15) is 0 Å². The maximum Gasteiger partial charge on any atom is 0.242 e. The maximum absolute atomic E-state index is 12.6. The van der Waals surface area contributed by atoms with Crippen LogP contribution in [0.15, 0.2) is 41.4 Å². The predicted molar refractivity (Wildman–Crippen MR) is 117 cm³/mol. The van der Waals surface area contributed by atoms with Gasteiger partial charge in [0.2, 0.25) is 11.8 Å². The van der Waals surface area contributed by atoms with Gasteiger partial charge < -0.3 is 5.32 Å². The van der Waals surface area contributed by atoms with Crippen LogP contribution in [-0.2, 0) is 9.59 Å². The maximum atomic E-state index is 12.6. The molecule has 146 valence electrons. The summed E-state index contributed by atoms with van der Waals surface area (Å²) in [5, 5.41) is 4.01. The lowest BCUT2D eigenvalue weighted by molar-refractivity contribution is -0.127. The Kier molecular flexibility index (Phi) is 6.33. The van der Waals surface area contributed by atoms with Gasteiger partial charge in [0.25, 0.3) is 0 Å². The van der Waals surface area contributed by atoms with E-state index in [1.54, 1.807) is 37.4 Å². The summed E-state index contributed by atoms with van der Waals surface area (Å²) >= 11 is 13.4. The van der Waals surface area contributed by atoms with Crippen LogP contribution in [0.3, 0.4) is 0 Å². The van der Waals surface area contributed by atoms with Crippen molar-refractivity contribution in [2.75, 3.05) is 12.4 Å². The number of nitrogens with one attached hydrogen (secondary N) is 1. The molecule has 2 aromatic rings. The average Bonchev–Trinajstić information content (AvgIpc) is 2.90. The fourth-order valence-corrected chi connectivity index (χ4v) is 4.20. The molecular weight excluding hydrogens is 417 g/mol. The molecule has 0 saturated carbocycles. The number of carbonyl (C=O) groups excluding carboxylic acids is 2. The Morgan fingerprint density at radius 1 is 1.25 bits per heavy atom. The normalized spacial score (nSPS) is 18.0. The molecule has 1 heterocycles. The summed E-state index contributed by atoms with van der Waals surface area (Å²) in [5.74, 6) is -0.397. The molecule has 2 amide bonds. The molecule has 0 spiro atoms. The van der Waals surface area contributed by atoms with Crippen LogP contribution in [-0.4, -0.2) is 34.2 Å². The van der Waals surface area contributed by atoms with Gasteiger partial charge in [-0.05, 0) is 49.2 Å². The molecule has 2 aromatic carbocycles. The molecule has 0 radical (unpaired) electrons. The van der Waals surface area contributed by atoms with Gasteiger partial charge in [-0.1, -0.05) is 47.1 Å². The van der Waals surface area contributed by atoms with E-state index in [1.807, 2.05) is 19.9 Å². The minimum atomic E-state index is -0.525. The van der Waals surface area contributed by atoms with E-state index >= 15 is 0 Å². The first kappa shape index (κ1) is 20.7. The Morgan fingerprint density at radius 2 is 2.00 bits per heavy atom. The number of halogens is 2. The van der Waals surface area contributed by atoms with Gasteiger partial charge in [0.15, 0.2) is 5.17 Å². The molecule has 1 fully saturated rings. The zero-order valence-electron chi connectivity index (χ0n) is 15.6. The standard InChI is InChI=1S/C20H19Cl2N3O2S/c1-11-7-8-13(21)9-16(11)24-20-25(3)19(27)17(28-20)10-18(26)23-15-6-4-5-14(22)12(15)2/h4-9,17H,10H2,1-3H3,(H,23,26)/t17-/m0/s1. The Balaban J connectivity index is 1.73. The Hall–Kier alpha value is -2.02. The van der Waals surface area contributed by atoms with E-state index < -0.39 is 5.25 Å². The summed E-state index contributed by atoms with van der Waals surface area (Å²) < 4.78 is 0. The van der Waals surface area contributed by atoms with Crippen molar-refractivity contribution in [3.8, 4) is 0 Å². The number of aryl methyl sites for hydroxylation is 1. The molecule has 0 aromatic heterocycles. The van der Waals surface area contributed by atoms with Crippen LogP contribution in [0.4, 0.5) is 11.4 Å². The first-order valence-corrected chi connectivity index (χ1v) is 10.2. The molecule has 5 nitrogen and oxygen atoms in total. The molecule has 1 atom stereocenters. The molecule has 8 heteroatoms. The third-order valence-electron chi connectivity index (χ3n) is 4.44. The Labute approximate surface area is 178 Å². The van der Waals surface area contributed by atoms with E-state index in [1.165, 1.54) is 16.7 Å². The molecule has 0 bridgehead atoms. The quantitative estimate of drug-likeness (QED) is 0.717. The van der Waals surface area contributed by atoms with E-state index in [2.05, 4.69) is 10.3 Å². The van der Waals surface area contributed by atoms with Crippen LogP contribution in [0.2, 0.25) is 10.0 Å². The van der Waals surface area contributed by atoms with Crippen LogP contribution in [0.25, 0.3) is 0 Å². The van der Waals surface area contributed by atoms with Crippen molar-refractivity contribution >= 4 is 63.3 Å². The summed E-state index contributed by atoms with van der Waals surface area (Å²) in [6.45, 7) is 3.76. The van der Waals surface area contributed by atoms with Crippen molar-refractivity contribution in [1.82, 2.24) is 4.90 Å². The molecule has 1 aliphatic heterocycles. The number of amidine groups is 1. The van der Waals surface area contributed by atoms with E-state index in [4.69, 9.17) is 23.2 Å². The van der Waals surface area contributed by atoms with Crippen LogP contribution in [0, 0.1) is 13.8 Å². The molecule has 28 heavy (non-hydrogen) atoms. The number of anilines is 1. The summed E-state index contributed by atoms with van der Waals surface area (Å²) in [4.78, 5) is 31.1. The minimum absolute atomic E-state index is 0.0489. The average molecular weight is 436 g/mol. The zero-order chi connectivity index (χ0) is 20.4. The Bertz CT molecular complexity index is 978. The van der Waals surface area contributed by atoms with Gasteiger partial charge in [-0.25, -0.2) is 4.99 Å². The predicted octanol–water partition coefficient (Wildman–Crippen LogP) is 5.20. The number of aliphatic imine (C=N–C) groups is 1. The van der Waals surface area contributed by atoms with Crippen molar-refractivity contribution in [2.45, 2.75) is 25.5 Å². The molecule has 1 aliphatic rings. The number of hydrogen-bond donors (Lipinski definition) is 1. The van der Waals surface area contributed by atoms with E-state index in [-0.39, 0.29) is 18.2 Å². The SMILES string of the molecule is Cc1ccc(Cl)cc1N=C1S[C@@H](CC(=O)Nc2cccc(Cl)c2C)C(=O)N1C. The van der Waals surface area contributed by atoms with Gasteiger partial charge in [-0.15, -0.1) is 0 Å². The highest BCUT2D eigenvalue weighted by molar-refractivity contribution is 8.15. The van der Waals surface area contributed by atoms with Gasteiger partial charge in [0.05, 0.1) is 5.69 Å². The highest BCUT2D eigenvalue weighted by atomic mass is 35.5. The summed E-state index contributed by atoms with van der Waals surface area (Å²) in [5.41, 5.74) is 3.09. The Morgan fingerprint density at radius 3 is 2.75 bits per heavy atom. The van der Waals surface area contributed by atoms with Crippen LogP contribution in [0.5, 0.6) is 0 Å². The fourth-order valence-electron chi connectivity index (χ4n) is 2.72. The summed E-state index contributed by atoms with van der Waals surface area (Å²) in [7, 11) is 1.66. The van der Waals surface area contributed by atoms with E-state index in [0.29, 0.717) is 26.6 Å². The second-order valence-corrected chi connectivity index (χ2v) is 8.51. The molecule has 1 saturated heterocycles. The number of carbonyl (C=O) groups is 2. The van der Waals surface area contributed by atoms with E-state index in [9.17, 15) is 9.59 Å². The topological polar surface area (TPSA) is 61.8 Å². The van der Waals surface area contributed by atoms with Crippen molar-refractivity contribution < 1.29 is 9.59 Å². The number of benzene rings is 2. The van der Waals surface area contributed by atoms with Gasteiger partial charge in [-0.3, -0.25) is 14.5 Å². The largest absolute Gasteiger partial charge is 0.326 e. The van der Waals surface area contributed by atoms with Crippen molar-refractivity contribution in [3.05, 3.63) is 57.6 Å². The smallest absolute Gasteiger partial charge is 0.242 e. The van der Waals surface area contributed by atoms with Crippen molar-refractivity contribution in [1.29, 1.82) is 0 Å². The lowest BCUT2D eigenvalue weighted by Crippen LogP contribution is -2.30. The van der Waals surface area contributed by atoms with Gasteiger partial charge >= 0.3 is 0 Å². The number of rotatable bonds is 4. The highest BCUT2D eigenvalue weighted by Crippen LogP contribution is 2.33. The number of hydrogen-bond acceptors (Lipinski definition) is 4. The van der Waals surface area contributed by atoms with Crippen LogP contribution < -0.4 is 5.32 Å². The lowest BCUT2D eigenvalue weighted by Gasteiger charge is -2.11. The third-order valence-corrected chi connectivity index (χ3v) is 6.31. The van der Waals surface area contributed by atoms with Crippen molar-refractivity contribution in [2.24, 2.45) is 4.99 Å². The first-order valence-electron chi connectivity index (χ1n) is 8.60. The monoisotopic (exact) mass is 435 g/mol. The first-order chi connectivity index (χ1) is 13.3.